The highest BCUT2D eigenvalue weighted by Crippen LogP contribution is 2.50. The van der Waals surface area contributed by atoms with E-state index in [0.717, 1.165) is 35.1 Å². The van der Waals surface area contributed by atoms with Gasteiger partial charge >= 0.3 is 6.09 Å². The standard InChI is InChI=1S/C26H28ClNO5/c1-25(2,3)33-24(29)28-13-10-16(11-14-28)17-6-5-7-21-23(17)32-26(4,31-21)19-8-9-20(27)18-12-15-30-22(18)19/h5-9,12,15-16H,10-11,13-14H2,1-4H3. The highest BCUT2D eigenvalue weighted by Gasteiger charge is 2.43. The first-order chi connectivity index (χ1) is 15.6. The third-order valence-corrected chi connectivity index (χ3v) is 6.58. The Bertz CT molecular complexity index is 1210. The van der Waals surface area contributed by atoms with Crippen LogP contribution < -0.4 is 9.47 Å². The molecule has 0 aliphatic carbocycles. The number of amides is 1. The highest BCUT2D eigenvalue weighted by molar-refractivity contribution is 6.35. The minimum atomic E-state index is -1.03. The molecule has 33 heavy (non-hydrogen) atoms. The van der Waals surface area contributed by atoms with Gasteiger partial charge in [-0.15, -0.1) is 0 Å². The Labute approximate surface area is 198 Å². The number of rotatable bonds is 2. The molecule has 1 fully saturated rings. The monoisotopic (exact) mass is 469 g/mol. The largest absolute Gasteiger partial charge is 0.464 e. The van der Waals surface area contributed by atoms with Crippen LogP contribution in [-0.4, -0.2) is 29.7 Å². The van der Waals surface area contributed by atoms with E-state index < -0.39 is 11.4 Å². The van der Waals surface area contributed by atoms with Crippen LogP contribution in [0.3, 0.4) is 0 Å². The van der Waals surface area contributed by atoms with Crippen molar-refractivity contribution < 1.29 is 23.4 Å². The van der Waals surface area contributed by atoms with Crippen LogP contribution in [-0.2, 0) is 10.5 Å². The first-order valence-electron chi connectivity index (χ1n) is 11.3. The number of piperidine rings is 1. The zero-order valence-electron chi connectivity index (χ0n) is 19.3. The van der Waals surface area contributed by atoms with E-state index in [-0.39, 0.29) is 12.0 Å². The second kappa shape index (κ2) is 7.87. The number of ether oxygens (including phenoxy) is 3. The van der Waals surface area contributed by atoms with Crippen molar-refractivity contribution in [2.45, 2.75) is 57.8 Å². The lowest BCUT2D eigenvalue weighted by Gasteiger charge is -2.34. The van der Waals surface area contributed by atoms with E-state index >= 15 is 0 Å². The summed E-state index contributed by atoms with van der Waals surface area (Å²) in [6, 6.07) is 11.6. The zero-order valence-corrected chi connectivity index (χ0v) is 20.1. The number of furan rings is 1. The molecule has 174 valence electrons. The molecule has 0 bridgehead atoms. The van der Waals surface area contributed by atoms with Crippen LogP contribution in [0.15, 0.2) is 47.1 Å². The van der Waals surface area contributed by atoms with Gasteiger partial charge in [-0.25, -0.2) is 4.79 Å². The lowest BCUT2D eigenvalue weighted by Crippen LogP contribution is -2.41. The number of benzene rings is 2. The van der Waals surface area contributed by atoms with Gasteiger partial charge in [-0.05, 0) is 63.8 Å². The van der Waals surface area contributed by atoms with Gasteiger partial charge in [-0.3, -0.25) is 0 Å². The van der Waals surface area contributed by atoms with E-state index in [1.807, 2.05) is 58.0 Å². The van der Waals surface area contributed by atoms with Crippen LogP contribution >= 0.6 is 11.6 Å². The van der Waals surface area contributed by atoms with Crippen LogP contribution in [0.1, 0.15) is 57.6 Å². The van der Waals surface area contributed by atoms with Gasteiger partial charge in [0, 0.05) is 31.0 Å². The molecular formula is C26H28ClNO5. The van der Waals surface area contributed by atoms with Crippen molar-refractivity contribution in [3.05, 3.63) is 58.8 Å². The van der Waals surface area contributed by atoms with Crippen LogP contribution in [0.2, 0.25) is 5.02 Å². The minimum absolute atomic E-state index is 0.253. The Morgan fingerprint density at radius 2 is 1.88 bits per heavy atom. The number of hydrogen-bond acceptors (Lipinski definition) is 5. The fraction of sp³-hybridized carbons (Fsp3) is 0.423. The molecule has 2 aliphatic rings. The van der Waals surface area contributed by atoms with Gasteiger partial charge in [-0.1, -0.05) is 23.7 Å². The highest BCUT2D eigenvalue weighted by atomic mass is 35.5. The van der Waals surface area contributed by atoms with Gasteiger partial charge in [0.25, 0.3) is 5.79 Å². The summed E-state index contributed by atoms with van der Waals surface area (Å²) in [4.78, 5) is 14.2. The van der Waals surface area contributed by atoms with Crippen LogP contribution in [0.4, 0.5) is 4.79 Å². The number of carbonyl (C=O) groups excluding carboxylic acids is 1. The van der Waals surface area contributed by atoms with Crippen molar-refractivity contribution in [1.82, 2.24) is 4.90 Å². The molecule has 1 amide bonds. The van der Waals surface area contributed by atoms with Gasteiger partial charge < -0.3 is 23.5 Å². The van der Waals surface area contributed by atoms with E-state index in [9.17, 15) is 4.79 Å². The van der Waals surface area contributed by atoms with Crippen LogP contribution in [0, 0.1) is 0 Å². The molecule has 5 rings (SSSR count). The van der Waals surface area contributed by atoms with Crippen molar-refractivity contribution in [3.63, 3.8) is 0 Å². The molecule has 0 spiro atoms. The number of hydrogen-bond donors (Lipinski definition) is 0. The molecule has 1 unspecified atom stereocenters. The van der Waals surface area contributed by atoms with Gasteiger partial charge in [0.2, 0.25) is 0 Å². The number of likely N-dealkylation sites (tertiary alicyclic amines) is 1. The Morgan fingerprint density at radius 3 is 2.61 bits per heavy atom. The second-order valence-corrected chi connectivity index (χ2v) is 10.2. The first-order valence-corrected chi connectivity index (χ1v) is 11.7. The number of fused-ring (bicyclic) bond motifs is 2. The summed E-state index contributed by atoms with van der Waals surface area (Å²) in [6.45, 7) is 8.84. The summed E-state index contributed by atoms with van der Waals surface area (Å²) < 4.78 is 24.1. The minimum Gasteiger partial charge on any atom is -0.464 e. The van der Waals surface area contributed by atoms with E-state index in [0.29, 0.717) is 29.4 Å². The molecule has 2 aromatic carbocycles. The van der Waals surface area contributed by atoms with Gasteiger partial charge in [0.1, 0.15) is 11.2 Å². The van der Waals surface area contributed by atoms with Crippen LogP contribution in [0.5, 0.6) is 11.5 Å². The molecule has 1 saturated heterocycles. The molecule has 7 heteroatoms. The predicted molar refractivity (Wildman–Crippen MR) is 126 cm³/mol. The maximum absolute atomic E-state index is 12.4. The number of carbonyl (C=O) groups is 1. The average Bonchev–Trinajstić information content (AvgIpc) is 3.38. The topological polar surface area (TPSA) is 61.1 Å². The molecule has 6 nitrogen and oxygen atoms in total. The third kappa shape index (κ3) is 4.01. The molecule has 3 heterocycles. The van der Waals surface area contributed by atoms with Gasteiger partial charge in [0.15, 0.2) is 11.5 Å². The summed E-state index contributed by atoms with van der Waals surface area (Å²) in [6.07, 6.45) is 3.03. The summed E-state index contributed by atoms with van der Waals surface area (Å²) in [7, 11) is 0. The van der Waals surface area contributed by atoms with E-state index in [4.69, 9.17) is 30.2 Å². The average molecular weight is 470 g/mol. The Morgan fingerprint density at radius 1 is 1.12 bits per heavy atom. The van der Waals surface area contributed by atoms with Gasteiger partial charge in [-0.2, -0.15) is 0 Å². The van der Waals surface area contributed by atoms with Crippen molar-refractivity contribution in [2.75, 3.05) is 13.1 Å². The fourth-order valence-corrected chi connectivity index (χ4v) is 4.88. The smallest absolute Gasteiger partial charge is 0.410 e. The molecule has 1 aromatic heterocycles. The molecule has 0 radical (unpaired) electrons. The van der Waals surface area contributed by atoms with E-state index in [2.05, 4.69) is 6.07 Å². The summed E-state index contributed by atoms with van der Waals surface area (Å²) >= 11 is 6.33. The molecular weight excluding hydrogens is 442 g/mol. The Balaban J connectivity index is 1.37. The van der Waals surface area contributed by atoms with Crippen molar-refractivity contribution >= 4 is 28.7 Å². The quantitative estimate of drug-likeness (QED) is 0.411. The number of para-hydroxylation sites is 1. The SMILES string of the molecule is CC(C)(C)OC(=O)N1CCC(c2cccc3c2OC(C)(c2ccc(Cl)c4ccoc24)O3)CC1. The second-order valence-electron chi connectivity index (χ2n) is 9.82. The summed E-state index contributed by atoms with van der Waals surface area (Å²) in [5.74, 6) is 0.694. The van der Waals surface area contributed by atoms with Crippen molar-refractivity contribution in [1.29, 1.82) is 0 Å². The fourth-order valence-electron chi connectivity index (χ4n) is 4.66. The third-order valence-electron chi connectivity index (χ3n) is 6.25. The first kappa shape index (κ1) is 22.0. The zero-order chi connectivity index (χ0) is 23.4. The Hall–Kier alpha value is -2.86. The lowest BCUT2D eigenvalue weighted by atomic mass is 9.89. The lowest BCUT2D eigenvalue weighted by molar-refractivity contribution is -0.0678. The summed E-state index contributed by atoms with van der Waals surface area (Å²) in [5.41, 5.74) is 2.05. The van der Waals surface area contributed by atoms with Crippen LogP contribution in [0.25, 0.3) is 11.0 Å². The maximum atomic E-state index is 12.4. The predicted octanol–water partition coefficient (Wildman–Crippen LogP) is 6.84. The van der Waals surface area contributed by atoms with E-state index in [1.54, 1.807) is 11.2 Å². The summed E-state index contributed by atoms with van der Waals surface area (Å²) in [5, 5.41) is 1.45. The molecule has 2 aliphatic heterocycles. The van der Waals surface area contributed by atoms with Crippen molar-refractivity contribution in [3.8, 4) is 11.5 Å². The Kier molecular flexibility index (Phi) is 5.24. The molecule has 1 atom stereocenters. The van der Waals surface area contributed by atoms with Gasteiger partial charge in [0.05, 0.1) is 16.8 Å². The van der Waals surface area contributed by atoms with E-state index in [1.165, 1.54) is 0 Å². The molecule has 0 N–H and O–H groups in total. The molecule has 3 aromatic rings. The maximum Gasteiger partial charge on any atom is 0.410 e. The van der Waals surface area contributed by atoms with Crippen molar-refractivity contribution in [2.24, 2.45) is 0 Å². The number of halogens is 1. The number of nitrogens with zero attached hydrogens (tertiary/aromatic N) is 1. The normalized spacial score (nSPS) is 20.9. The molecule has 0 saturated carbocycles.